The van der Waals surface area contributed by atoms with Gasteiger partial charge in [0.05, 0.1) is 23.2 Å². The molecule has 0 aliphatic carbocycles. The second-order valence-corrected chi connectivity index (χ2v) is 4.19. The second-order valence-electron chi connectivity index (χ2n) is 3.75. The molecule has 0 saturated carbocycles. The van der Waals surface area contributed by atoms with Crippen molar-refractivity contribution in [1.82, 2.24) is 9.38 Å². The van der Waals surface area contributed by atoms with Crippen LogP contribution in [-0.4, -0.2) is 22.0 Å². The number of pyridine rings is 1. The highest BCUT2D eigenvalue weighted by molar-refractivity contribution is 6.30. The Morgan fingerprint density at radius 2 is 2.29 bits per heavy atom. The molecular formula is C12H13ClN2O2. The van der Waals surface area contributed by atoms with E-state index in [0.29, 0.717) is 17.3 Å². The van der Waals surface area contributed by atoms with Crippen LogP contribution in [0, 0.1) is 0 Å². The van der Waals surface area contributed by atoms with Crippen molar-refractivity contribution in [3.8, 4) is 0 Å². The predicted octanol–water partition coefficient (Wildman–Crippen LogP) is 2.65. The van der Waals surface area contributed by atoms with Gasteiger partial charge in [0.15, 0.2) is 0 Å². The quantitative estimate of drug-likeness (QED) is 0.789. The molecule has 5 heteroatoms. The third-order valence-electron chi connectivity index (χ3n) is 2.52. The molecule has 2 rings (SSSR count). The van der Waals surface area contributed by atoms with E-state index in [4.69, 9.17) is 16.3 Å². The van der Waals surface area contributed by atoms with Crippen molar-refractivity contribution < 1.29 is 9.53 Å². The molecule has 0 aliphatic rings. The first kappa shape index (κ1) is 11.9. The van der Waals surface area contributed by atoms with Crippen molar-refractivity contribution in [3.05, 3.63) is 35.2 Å². The lowest BCUT2D eigenvalue weighted by molar-refractivity contribution is -0.144. The summed E-state index contributed by atoms with van der Waals surface area (Å²) in [7, 11) is 0. The van der Waals surface area contributed by atoms with Gasteiger partial charge in [-0.05, 0) is 26.0 Å². The van der Waals surface area contributed by atoms with Gasteiger partial charge < -0.3 is 9.14 Å². The first-order chi connectivity index (χ1) is 8.11. The molecule has 0 aliphatic heterocycles. The van der Waals surface area contributed by atoms with E-state index in [0.717, 1.165) is 5.65 Å². The van der Waals surface area contributed by atoms with Crippen molar-refractivity contribution in [2.75, 3.05) is 6.61 Å². The van der Waals surface area contributed by atoms with Gasteiger partial charge >= 0.3 is 5.97 Å². The number of halogens is 1. The van der Waals surface area contributed by atoms with Gasteiger partial charge in [-0.3, -0.25) is 4.79 Å². The number of carbonyl (C=O) groups is 1. The second kappa shape index (κ2) is 4.75. The first-order valence-corrected chi connectivity index (χ1v) is 5.80. The number of carbonyl (C=O) groups excluding carboxylic acids is 1. The Balaban J connectivity index is 2.33. The van der Waals surface area contributed by atoms with Gasteiger partial charge in [-0.15, -0.1) is 0 Å². The van der Waals surface area contributed by atoms with Gasteiger partial charge in [-0.2, -0.15) is 0 Å². The zero-order valence-corrected chi connectivity index (χ0v) is 10.4. The topological polar surface area (TPSA) is 43.6 Å². The van der Waals surface area contributed by atoms with Gasteiger partial charge in [0.1, 0.15) is 5.65 Å². The van der Waals surface area contributed by atoms with E-state index < -0.39 is 0 Å². The zero-order chi connectivity index (χ0) is 12.4. The summed E-state index contributed by atoms with van der Waals surface area (Å²) in [6.07, 6.45) is 3.55. The lowest BCUT2D eigenvalue weighted by atomic mass is 10.1. The summed E-state index contributed by atoms with van der Waals surface area (Å²) in [6, 6.07) is 3.58. The number of rotatable bonds is 3. The molecule has 2 heterocycles. The van der Waals surface area contributed by atoms with Crippen LogP contribution in [0.1, 0.15) is 25.5 Å². The highest BCUT2D eigenvalue weighted by atomic mass is 35.5. The largest absolute Gasteiger partial charge is 0.465 e. The number of imidazole rings is 1. The molecule has 0 radical (unpaired) electrons. The molecule has 0 N–H and O–H groups in total. The average Bonchev–Trinajstić information content (AvgIpc) is 2.71. The molecule has 4 nitrogen and oxygen atoms in total. The summed E-state index contributed by atoms with van der Waals surface area (Å²) in [5, 5.41) is 0.630. The average molecular weight is 253 g/mol. The summed E-state index contributed by atoms with van der Waals surface area (Å²) >= 11 is 5.88. The summed E-state index contributed by atoms with van der Waals surface area (Å²) in [4.78, 5) is 16.0. The van der Waals surface area contributed by atoms with E-state index in [1.165, 1.54) is 0 Å². The van der Waals surface area contributed by atoms with Crippen LogP contribution in [-0.2, 0) is 9.53 Å². The molecule has 0 fully saturated rings. The Bertz CT molecular complexity index is 550. The van der Waals surface area contributed by atoms with Gasteiger partial charge in [-0.25, -0.2) is 4.98 Å². The third-order valence-corrected chi connectivity index (χ3v) is 2.74. The minimum Gasteiger partial charge on any atom is -0.465 e. The first-order valence-electron chi connectivity index (χ1n) is 5.42. The third kappa shape index (κ3) is 2.42. The summed E-state index contributed by atoms with van der Waals surface area (Å²) in [5.74, 6) is -0.629. The molecular weight excluding hydrogens is 240 g/mol. The maximum atomic E-state index is 11.6. The van der Waals surface area contributed by atoms with Crippen LogP contribution in [0.25, 0.3) is 5.65 Å². The number of esters is 1. The van der Waals surface area contributed by atoms with E-state index >= 15 is 0 Å². The van der Waals surface area contributed by atoms with Crippen molar-refractivity contribution in [3.63, 3.8) is 0 Å². The number of fused-ring (bicyclic) bond motifs is 1. The minimum absolute atomic E-state index is 0.262. The van der Waals surface area contributed by atoms with Gasteiger partial charge in [0.25, 0.3) is 0 Å². The van der Waals surface area contributed by atoms with Gasteiger partial charge in [-0.1, -0.05) is 11.6 Å². The van der Waals surface area contributed by atoms with Crippen LogP contribution in [0.15, 0.2) is 24.5 Å². The van der Waals surface area contributed by atoms with Gasteiger partial charge in [0, 0.05) is 12.4 Å². The Kier molecular flexibility index (Phi) is 3.33. The molecule has 17 heavy (non-hydrogen) atoms. The Labute approximate surface area is 104 Å². The maximum Gasteiger partial charge on any atom is 0.314 e. The number of aromatic nitrogens is 2. The number of ether oxygens (including phenoxy) is 1. The summed E-state index contributed by atoms with van der Waals surface area (Å²) in [6.45, 7) is 3.94. The van der Waals surface area contributed by atoms with Crippen LogP contribution in [0.5, 0.6) is 0 Å². The molecule has 2 aromatic heterocycles. The normalized spacial score (nSPS) is 12.6. The fourth-order valence-electron chi connectivity index (χ4n) is 1.58. The maximum absolute atomic E-state index is 11.6. The summed E-state index contributed by atoms with van der Waals surface area (Å²) < 4.78 is 6.76. The summed E-state index contributed by atoms with van der Waals surface area (Å²) in [5.41, 5.74) is 1.45. The lowest BCUT2D eigenvalue weighted by Crippen LogP contribution is -2.13. The zero-order valence-electron chi connectivity index (χ0n) is 9.68. The van der Waals surface area contributed by atoms with Crippen LogP contribution in [0.2, 0.25) is 5.02 Å². The van der Waals surface area contributed by atoms with E-state index in [-0.39, 0.29) is 11.9 Å². The number of hydrogen-bond donors (Lipinski definition) is 0. The van der Waals surface area contributed by atoms with Crippen molar-refractivity contribution in [2.24, 2.45) is 0 Å². The van der Waals surface area contributed by atoms with E-state index in [1.54, 1.807) is 36.7 Å². The van der Waals surface area contributed by atoms with Gasteiger partial charge in [0.2, 0.25) is 0 Å². The minimum atomic E-state index is -0.367. The van der Waals surface area contributed by atoms with Crippen LogP contribution < -0.4 is 0 Å². The molecule has 90 valence electrons. The molecule has 0 spiro atoms. The number of hydrogen-bond acceptors (Lipinski definition) is 3. The SMILES string of the molecule is CCOC(=O)C(C)c1cn2cc(Cl)ccc2n1. The van der Waals surface area contributed by atoms with Crippen LogP contribution in [0.4, 0.5) is 0 Å². The smallest absolute Gasteiger partial charge is 0.314 e. The number of nitrogens with zero attached hydrogens (tertiary/aromatic N) is 2. The van der Waals surface area contributed by atoms with E-state index in [1.807, 2.05) is 6.07 Å². The Morgan fingerprint density at radius 1 is 1.53 bits per heavy atom. The molecule has 1 atom stereocenters. The lowest BCUT2D eigenvalue weighted by Gasteiger charge is -2.06. The molecule has 2 aromatic rings. The molecule has 0 saturated heterocycles. The Morgan fingerprint density at radius 3 is 3.00 bits per heavy atom. The standard InChI is InChI=1S/C12H13ClN2O2/c1-3-17-12(16)8(2)10-7-15-6-9(13)4-5-11(15)14-10/h4-8H,3H2,1-2H3. The highest BCUT2D eigenvalue weighted by Crippen LogP contribution is 2.18. The van der Waals surface area contributed by atoms with Crippen LogP contribution in [0.3, 0.4) is 0 Å². The van der Waals surface area contributed by atoms with E-state index in [2.05, 4.69) is 4.98 Å². The van der Waals surface area contributed by atoms with E-state index in [9.17, 15) is 4.79 Å². The molecule has 1 unspecified atom stereocenters. The van der Waals surface area contributed by atoms with Crippen molar-refractivity contribution >= 4 is 23.2 Å². The highest BCUT2D eigenvalue weighted by Gasteiger charge is 2.19. The van der Waals surface area contributed by atoms with Crippen LogP contribution >= 0.6 is 11.6 Å². The molecule has 0 aromatic carbocycles. The fraction of sp³-hybridized carbons (Fsp3) is 0.333. The monoisotopic (exact) mass is 252 g/mol. The molecule has 0 bridgehead atoms. The Hall–Kier alpha value is -1.55. The van der Waals surface area contributed by atoms with Crippen molar-refractivity contribution in [1.29, 1.82) is 0 Å². The fourth-order valence-corrected chi connectivity index (χ4v) is 1.75. The van der Waals surface area contributed by atoms with Crippen molar-refractivity contribution in [2.45, 2.75) is 19.8 Å². The molecule has 0 amide bonds. The predicted molar refractivity (Wildman–Crippen MR) is 65.3 cm³/mol.